The highest BCUT2D eigenvalue weighted by atomic mass is 16.5. The molecule has 0 aromatic heterocycles. The molecule has 0 amide bonds. The van der Waals surface area contributed by atoms with E-state index in [1.807, 2.05) is 0 Å². The van der Waals surface area contributed by atoms with Gasteiger partial charge < -0.3 is 19.9 Å². The minimum atomic E-state index is -0.575. The molecule has 4 saturated carbocycles. The Bertz CT molecular complexity index is 1130. The average molecular weight is 598 g/mol. The third kappa shape index (κ3) is 4.28. The lowest BCUT2D eigenvalue weighted by molar-refractivity contribution is -0.253. The van der Waals surface area contributed by atoms with Crippen molar-refractivity contribution in [3.63, 3.8) is 0 Å². The number of aliphatic carboxylic acids is 1. The number of allylic oxidation sites excluding steroid dienone is 1. The van der Waals surface area contributed by atoms with Gasteiger partial charge in [0, 0.05) is 16.4 Å². The van der Waals surface area contributed by atoms with Crippen molar-refractivity contribution in [2.24, 2.45) is 62.6 Å². The summed E-state index contributed by atoms with van der Waals surface area (Å²) < 4.78 is 13.7. The number of carbonyl (C=O) groups is 1. The van der Waals surface area contributed by atoms with Crippen molar-refractivity contribution in [1.82, 2.24) is 5.32 Å². The molecule has 43 heavy (non-hydrogen) atoms. The van der Waals surface area contributed by atoms with E-state index in [4.69, 9.17) is 9.47 Å². The molecular formula is C38H63NO4. The predicted octanol–water partition coefficient (Wildman–Crippen LogP) is 8.13. The van der Waals surface area contributed by atoms with E-state index >= 15 is 0 Å². The molecule has 2 N–H and O–H groups in total. The molecule has 5 nitrogen and oxygen atoms in total. The quantitative estimate of drug-likeness (QED) is 0.290. The van der Waals surface area contributed by atoms with Crippen molar-refractivity contribution in [3.05, 3.63) is 11.6 Å². The summed E-state index contributed by atoms with van der Waals surface area (Å²) in [5.74, 6) is 1.38. The molecular weight excluding hydrogens is 534 g/mol. The number of carboxylic acid groups (broad SMARTS) is 1. The first-order valence-corrected chi connectivity index (χ1v) is 18.0. The van der Waals surface area contributed by atoms with Crippen LogP contribution < -0.4 is 5.32 Å². The minimum Gasteiger partial charge on any atom is -0.481 e. The molecule has 11 atom stereocenters. The fourth-order valence-electron chi connectivity index (χ4n) is 13.1. The number of likely N-dealkylation sites (N-methyl/N-ethyl adjacent to an activating group) is 1. The Labute approximate surface area is 262 Å². The largest absolute Gasteiger partial charge is 0.481 e. The zero-order valence-corrected chi connectivity index (χ0v) is 29.0. The maximum atomic E-state index is 13.3. The lowest BCUT2D eigenvalue weighted by Gasteiger charge is -2.71. The molecule has 6 aliphatic rings. The molecule has 0 aromatic carbocycles. The first kappa shape index (κ1) is 32.0. The first-order chi connectivity index (χ1) is 20.1. The fraction of sp³-hybridized carbons (Fsp3) is 0.921. The van der Waals surface area contributed by atoms with Crippen LogP contribution in [0.1, 0.15) is 120 Å². The van der Waals surface area contributed by atoms with Gasteiger partial charge in [-0.05, 0) is 104 Å². The van der Waals surface area contributed by atoms with Gasteiger partial charge in [-0.2, -0.15) is 0 Å². The van der Waals surface area contributed by atoms with Crippen LogP contribution in [0.15, 0.2) is 11.6 Å². The van der Waals surface area contributed by atoms with Crippen molar-refractivity contribution in [2.45, 2.75) is 131 Å². The molecule has 0 radical (unpaired) electrons. The van der Waals surface area contributed by atoms with Gasteiger partial charge in [0.05, 0.1) is 31.8 Å². The zero-order valence-electron chi connectivity index (χ0n) is 29.0. The Balaban J connectivity index is 1.35. The molecule has 0 unspecified atom stereocenters. The molecule has 0 spiro atoms. The summed E-state index contributed by atoms with van der Waals surface area (Å²) in [6.07, 6.45) is 14.3. The van der Waals surface area contributed by atoms with Crippen molar-refractivity contribution in [2.75, 3.05) is 26.9 Å². The number of nitrogens with one attached hydrogen (secondary N) is 1. The van der Waals surface area contributed by atoms with E-state index in [9.17, 15) is 9.90 Å². The third-order valence-electron chi connectivity index (χ3n) is 16.0. The molecule has 1 saturated heterocycles. The molecule has 1 heterocycles. The molecule has 0 aromatic rings. The van der Waals surface area contributed by atoms with Crippen LogP contribution in [0, 0.1) is 62.6 Å². The van der Waals surface area contributed by atoms with Gasteiger partial charge in [0.2, 0.25) is 0 Å². The summed E-state index contributed by atoms with van der Waals surface area (Å²) in [7, 11) is 2.12. The Hall–Kier alpha value is -0.910. The molecule has 244 valence electrons. The van der Waals surface area contributed by atoms with Crippen molar-refractivity contribution in [3.8, 4) is 0 Å². The van der Waals surface area contributed by atoms with Gasteiger partial charge in [-0.3, -0.25) is 4.79 Å². The summed E-state index contributed by atoms with van der Waals surface area (Å²) in [6, 6.07) is 0. The van der Waals surface area contributed by atoms with Gasteiger partial charge in [0.15, 0.2) is 0 Å². The molecule has 5 heteroatoms. The van der Waals surface area contributed by atoms with E-state index in [1.165, 1.54) is 38.5 Å². The van der Waals surface area contributed by atoms with Crippen LogP contribution in [0.25, 0.3) is 0 Å². The van der Waals surface area contributed by atoms with E-state index in [-0.39, 0.29) is 44.6 Å². The standard InChI is InChI=1S/C38H63NO4/c1-24(2)26(4)33(5)18-19-35(7)27-12-13-29-34(6)21-42-23-38(29,28(27)14-17-36(35,8)30(33)32(40)41)20-25(3)31(34)43-22-37(39-9)15-10-11-16-37/h14,24-27,29-31,39H,10-13,15-23H2,1-9H3,(H,40,41)/t25-,26-,27+,29+,30-,31+,33-,34+,35-,36+,38+/m1/s1. The van der Waals surface area contributed by atoms with Crippen LogP contribution in [0.3, 0.4) is 0 Å². The second-order valence-electron chi connectivity index (χ2n) is 18.0. The van der Waals surface area contributed by atoms with Gasteiger partial charge >= 0.3 is 5.97 Å². The normalized spacial score (nSPS) is 49.4. The van der Waals surface area contributed by atoms with Gasteiger partial charge in [0.1, 0.15) is 0 Å². The second kappa shape index (κ2) is 10.6. The molecule has 6 rings (SSSR count). The smallest absolute Gasteiger partial charge is 0.307 e. The Morgan fingerprint density at radius 1 is 1.05 bits per heavy atom. The number of carboxylic acids is 1. The van der Waals surface area contributed by atoms with Crippen LogP contribution in [0.2, 0.25) is 0 Å². The summed E-state index contributed by atoms with van der Waals surface area (Å²) in [5, 5.41) is 14.6. The van der Waals surface area contributed by atoms with Crippen LogP contribution in [-0.4, -0.2) is 49.6 Å². The summed E-state index contributed by atoms with van der Waals surface area (Å²) >= 11 is 0. The highest BCUT2D eigenvalue weighted by Gasteiger charge is 2.71. The van der Waals surface area contributed by atoms with E-state index in [1.54, 1.807) is 5.57 Å². The van der Waals surface area contributed by atoms with Gasteiger partial charge in [-0.15, -0.1) is 0 Å². The van der Waals surface area contributed by atoms with Crippen molar-refractivity contribution < 1.29 is 19.4 Å². The minimum absolute atomic E-state index is 0.00164. The van der Waals surface area contributed by atoms with Gasteiger partial charge in [-0.25, -0.2) is 0 Å². The van der Waals surface area contributed by atoms with Crippen LogP contribution in [0.4, 0.5) is 0 Å². The lowest BCUT2D eigenvalue weighted by Crippen LogP contribution is -2.69. The highest BCUT2D eigenvalue weighted by molar-refractivity contribution is 5.73. The first-order valence-electron chi connectivity index (χ1n) is 18.0. The average Bonchev–Trinajstić information content (AvgIpc) is 3.42. The third-order valence-corrected chi connectivity index (χ3v) is 16.0. The van der Waals surface area contributed by atoms with Crippen LogP contribution in [-0.2, 0) is 14.3 Å². The maximum absolute atomic E-state index is 13.3. The molecule has 5 fully saturated rings. The van der Waals surface area contributed by atoms with Crippen LogP contribution >= 0.6 is 0 Å². The maximum Gasteiger partial charge on any atom is 0.307 e. The fourth-order valence-corrected chi connectivity index (χ4v) is 13.1. The molecule has 1 aliphatic heterocycles. The lowest BCUT2D eigenvalue weighted by atomic mass is 9.34. The number of ether oxygens (including phenoxy) is 2. The van der Waals surface area contributed by atoms with E-state index in [0.717, 1.165) is 45.5 Å². The molecule has 2 bridgehead atoms. The van der Waals surface area contributed by atoms with Crippen molar-refractivity contribution in [1.29, 1.82) is 0 Å². The highest BCUT2D eigenvalue weighted by Crippen LogP contribution is 2.75. The summed E-state index contributed by atoms with van der Waals surface area (Å²) in [6.45, 7) is 21.4. The second-order valence-corrected chi connectivity index (χ2v) is 18.0. The Morgan fingerprint density at radius 2 is 1.74 bits per heavy atom. The molecule has 5 aliphatic carbocycles. The van der Waals surface area contributed by atoms with Gasteiger partial charge in [-0.1, -0.05) is 79.9 Å². The summed E-state index contributed by atoms with van der Waals surface area (Å²) in [4.78, 5) is 13.3. The predicted molar refractivity (Wildman–Crippen MR) is 173 cm³/mol. The van der Waals surface area contributed by atoms with E-state index in [0.29, 0.717) is 29.6 Å². The number of hydrogen-bond acceptors (Lipinski definition) is 4. The number of fused-ring (bicyclic) bond motifs is 3. The van der Waals surface area contributed by atoms with Crippen LogP contribution in [0.5, 0.6) is 0 Å². The number of hydrogen-bond donors (Lipinski definition) is 2. The van der Waals surface area contributed by atoms with Gasteiger partial charge in [0.25, 0.3) is 0 Å². The number of rotatable bonds is 7. The SMILES string of the molecule is CNC1(CO[C@H]2[C@H](C)C[C@@]34COC[C@@]2(C)[C@@H]3CC[C@H]2C4=CC[C@@]3(C)[C@H](C(=O)O)[C@@](C)([C@H](C)C(C)C)CC[C@]23C)CCCC1. The monoisotopic (exact) mass is 597 g/mol. The van der Waals surface area contributed by atoms with E-state index < -0.39 is 5.97 Å². The summed E-state index contributed by atoms with van der Waals surface area (Å²) in [5.41, 5.74) is 1.34. The van der Waals surface area contributed by atoms with Crippen molar-refractivity contribution >= 4 is 5.97 Å². The Kier molecular flexibility index (Phi) is 7.87. The van der Waals surface area contributed by atoms with E-state index in [2.05, 4.69) is 73.8 Å². The topological polar surface area (TPSA) is 67.8 Å². The Morgan fingerprint density at radius 3 is 2.37 bits per heavy atom. The zero-order chi connectivity index (χ0) is 31.2.